The van der Waals surface area contributed by atoms with Crippen LogP contribution in [0.4, 0.5) is 0 Å². The third-order valence-electron chi connectivity index (χ3n) is 2.51. The molecule has 0 amide bonds. The zero-order chi connectivity index (χ0) is 12.8. The van der Waals surface area contributed by atoms with Crippen molar-refractivity contribution in [3.05, 3.63) is 60.2 Å². The summed E-state index contributed by atoms with van der Waals surface area (Å²) < 4.78 is 5.45. The Balaban J connectivity index is 1.86. The molecule has 92 valence electrons. The molecule has 1 N–H and O–H groups in total. The first-order chi connectivity index (χ1) is 8.75. The van der Waals surface area contributed by atoms with Crippen molar-refractivity contribution in [3.8, 4) is 11.5 Å². The maximum Gasteiger partial charge on any atom is 0.166 e. The van der Waals surface area contributed by atoms with Crippen molar-refractivity contribution in [3.63, 3.8) is 0 Å². The molecule has 2 rings (SSSR count). The minimum absolute atomic E-state index is 0.0400. The van der Waals surface area contributed by atoms with Gasteiger partial charge in [-0.25, -0.2) is 0 Å². The van der Waals surface area contributed by atoms with Gasteiger partial charge in [-0.05, 0) is 24.3 Å². The Hall–Kier alpha value is -2.29. The molecule has 0 spiro atoms. The minimum atomic E-state index is -0.0400. The van der Waals surface area contributed by atoms with E-state index >= 15 is 0 Å². The molecule has 0 aliphatic heterocycles. The van der Waals surface area contributed by atoms with Gasteiger partial charge < -0.3 is 9.84 Å². The summed E-state index contributed by atoms with van der Waals surface area (Å²) in [5.41, 5.74) is 0.506. The summed E-state index contributed by atoms with van der Waals surface area (Å²) in [7, 11) is 0. The maximum absolute atomic E-state index is 11.8. The number of carbonyl (C=O) groups excluding carboxylic acids is 1. The Morgan fingerprint density at radius 3 is 2.56 bits per heavy atom. The van der Waals surface area contributed by atoms with E-state index < -0.39 is 0 Å². The molecule has 0 heterocycles. The highest BCUT2D eigenvalue weighted by molar-refractivity contribution is 5.96. The van der Waals surface area contributed by atoms with Crippen LogP contribution in [0.5, 0.6) is 11.5 Å². The Morgan fingerprint density at radius 2 is 1.83 bits per heavy atom. The first-order valence-electron chi connectivity index (χ1n) is 5.76. The van der Waals surface area contributed by atoms with Crippen molar-refractivity contribution in [2.45, 2.75) is 6.42 Å². The first-order valence-corrected chi connectivity index (χ1v) is 5.76. The normalized spacial score (nSPS) is 10.0. The molecule has 0 bridgehead atoms. The lowest BCUT2D eigenvalue weighted by Gasteiger charge is -2.05. The maximum atomic E-state index is 11.8. The van der Waals surface area contributed by atoms with Crippen LogP contribution >= 0.6 is 0 Å². The molecule has 0 saturated carbocycles. The van der Waals surface area contributed by atoms with Crippen LogP contribution in [0.1, 0.15) is 16.8 Å². The molecule has 0 fully saturated rings. The number of para-hydroxylation sites is 1. The van der Waals surface area contributed by atoms with E-state index in [1.807, 2.05) is 30.3 Å². The van der Waals surface area contributed by atoms with E-state index in [1.165, 1.54) is 12.1 Å². The fourth-order valence-corrected chi connectivity index (χ4v) is 1.60. The predicted octanol–water partition coefficient (Wildman–Crippen LogP) is 3.04. The highest BCUT2D eigenvalue weighted by atomic mass is 16.5. The third kappa shape index (κ3) is 3.35. The molecule has 2 aromatic rings. The number of carbonyl (C=O) groups is 1. The Morgan fingerprint density at radius 1 is 1.06 bits per heavy atom. The van der Waals surface area contributed by atoms with E-state index in [-0.39, 0.29) is 11.5 Å². The van der Waals surface area contributed by atoms with Gasteiger partial charge in [-0.1, -0.05) is 30.3 Å². The van der Waals surface area contributed by atoms with Gasteiger partial charge >= 0.3 is 0 Å². The summed E-state index contributed by atoms with van der Waals surface area (Å²) in [6, 6.07) is 15.7. The number of rotatable bonds is 5. The smallest absolute Gasteiger partial charge is 0.166 e. The number of Topliss-reactive ketones (excluding diaryl/α,β-unsaturated/α-hetero) is 1. The van der Waals surface area contributed by atoms with Gasteiger partial charge in [0.05, 0.1) is 6.61 Å². The Bertz CT molecular complexity index is 520. The summed E-state index contributed by atoms with van der Waals surface area (Å²) in [5, 5.41) is 9.28. The summed E-state index contributed by atoms with van der Waals surface area (Å²) in [6.07, 6.45) is 0.290. The topological polar surface area (TPSA) is 46.5 Å². The Labute approximate surface area is 106 Å². The molecule has 0 radical (unpaired) electrons. The van der Waals surface area contributed by atoms with Crippen LogP contribution in [0.3, 0.4) is 0 Å². The Kier molecular flexibility index (Phi) is 3.97. The van der Waals surface area contributed by atoms with E-state index in [0.717, 1.165) is 5.75 Å². The first kappa shape index (κ1) is 12.2. The molecule has 2 aromatic carbocycles. The minimum Gasteiger partial charge on any atom is -0.508 e. The average molecular weight is 242 g/mol. The van der Waals surface area contributed by atoms with Crippen LogP contribution in [0.25, 0.3) is 0 Å². The molecular weight excluding hydrogens is 228 g/mol. The summed E-state index contributed by atoms with van der Waals surface area (Å²) >= 11 is 0. The second-order valence-electron chi connectivity index (χ2n) is 3.89. The van der Waals surface area contributed by atoms with Gasteiger partial charge in [0.1, 0.15) is 11.5 Å². The number of hydrogen-bond donors (Lipinski definition) is 1. The van der Waals surface area contributed by atoms with Crippen LogP contribution in [0.15, 0.2) is 54.6 Å². The molecule has 0 aliphatic rings. The number of phenolic OH excluding ortho intramolecular Hbond substituents is 1. The van der Waals surface area contributed by atoms with Crippen LogP contribution in [0, 0.1) is 0 Å². The van der Waals surface area contributed by atoms with E-state index in [1.54, 1.807) is 12.1 Å². The van der Waals surface area contributed by atoms with Gasteiger partial charge in [-0.15, -0.1) is 0 Å². The largest absolute Gasteiger partial charge is 0.508 e. The lowest BCUT2D eigenvalue weighted by atomic mass is 10.1. The number of benzene rings is 2. The van der Waals surface area contributed by atoms with Gasteiger partial charge in [0.25, 0.3) is 0 Å². The zero-order valence-corrected chi connectivity index (χ0v) is 9.87. The monoisotopic (exact) mass is 242 g/mol. The van der Waals surface area contributed by atoms with Crippen molar-refractivity contribution in [1.29, 1.82) is 0 Å². The molecule has 0 aliphatic carbocycles. The zero-order valence-electron chi connectivity index (χ0n) is 9.87. The predicted molar refractivity (Wildman–Crippen MR) is 69.0 cm³/mol. The fraction of sp³-hybridized carbons (Fsp3) is 0.133. The van der Waals surface area contributed by atoms with Gasteiger partial charge in [0, 0.05) is 12.0 Å². The molecule has 0 unspecified atom stereocenters. The number of ether oxygens (including phenoxy) is 1. The van der Waals surface area contributed by atoms with Crippen molar-refractivity contribution >= 4 is 5.78 Å². The summed E-state index contributed by atoms with van der Waals surface area (Å²) in [4.78, 5) is 11.8. The van der Waals surface area contributed by atoms with Crippen molar-refractivity contribution in [2.24, 2.45) is 0 Å². The van der Waals surface area contributed by atoms with E-state index in [9.17, 15) is 9.90 Å². The second-order valence-corrected chi connectivity index (χ2v) is 3.89. The molecule has 0 saturated heterocycles. The lowest BCUT2D eigenvalue weighted by Crippen LogP contribution is -2.06. The highest BCUT2D eigenvalue weighted by Crippen LogP contribution is 2.13. The SMILES string of the molecule is O=C(CCOc1ccccc1)c1cccc(O)c1. The van der Waals surface area contributed by atoms with E-state index in [2.05, 4.69) is 0 Å². The highest BCUT2D eigenvalue weighted by Gasteiger charge is 2.06. The summed E-state index contributed by atoms with van der Waals surface area (Å²) in [6.45, 7) is 0.332. The number of ketones is 1. The third-order valence-corrected chi connectivity index (χ3v) is 2.51. The average Bonchev–Trinajstić information content (AvgIpc) is 2.40. The lowest BCUT2D eigenvalue weighted by molar-refractivity contribution is 0.0962. The number of aromatic hydroxyl groups is 1. The fourth-order valence-electron chi connectivity index (χ4n) is 1.60. The van der Waals surface area contributed by atoms with Crippen LogP contribution in [0.2, 0.25) is 0 Å². The van der Waals surface area contributed by atoms with E-state index in [4.69, 9.17) is 4.74 Å². The molecule has 18 heavy (non-hydrogen) atoms. The van der Waals surface area contributed by atoms with Gasteiger partial charge in [-0.2, -0.15) is 0 Å². The number of hydrogen-bond acceptors (Lipinski definition) is 3. The molecule has 3 heteroatoms. The van der Waals surface area contributed by atoms with Gasteiger partial charge in [-0.3, -0.25) is 4.79 Å². The van der Waals surface area contributed by atoms with Crippen molar-refractivity contribution in [1.82, 2.24) is 0 Å². The van der Waals surface area contributed by atoms with Gasteiger partial charge in [0.15, 0.2) is 5.78 Å². The summed E-state index contributed by atoms with van der Waals surface area (Å²) in [5.74, 6) is 0.813. The van der Waals surface area contributed by atoms with Crippen LogP contribution in [-0.4, -0.2) is 17.5 Å². The second kappa shape index (κ2) is 5.87. The molecule has 3 nitrogen and oxygen atoms in total. The van der Waals surface area contributed by atoms with Crippen LogP contribution < -0.4 is 4.74 Å². The standard InChI is InChI=1S/C15H14O3/c16-13-6-4-5-12(11-13)15(17)9-10-18-14-7-2-1-3-8-14/h1-8,11,16H,9-10H2. The van der Waals surface area contributed by atoms with Crippen molar-refractivity contribution in [2.75, 3.05) is 6.61 Å². The van der Waals surface area contributed by atoms with Crippen molar-refractivity contribution < 1.29 is 14.6 Å². The molecule has 0 aromatic heterocycles. The van der Waals surface area contributed by atoms with E-state index in [0.29, 0.717) is 18.6 Å². The molecule has 0 atom stereocenters. The van der Waals surface area contributed by atoms with Gasteiger partial charge in [0.2, 0.25) is 0 Å². The number of phenols is 1. The quantitative estimate of drug-likeness (QED) is 0.820. The van der Waals surface area contributed by atoms with Crippen LogP contribution in [-0.2, 0) is 0 Å². The molecular formula is C15H14O3.